The Kier molecular flexibility index (Phi) is 4.17. The molecular weight excluding hydrogens is 332 g/mol. The fraction of sp³-hybridized carbons (Fsp3) is 0.300. The lowest BCUT2D eigenvalue weighted by Gasteiger charge is -2.14. The minimum atomic E-state index is -0.0541. The van der Waals surface area contributed by atoms with Gasteiger partial charge in [-0.15, -0.1) is 11.3 Å². The predicted molar refractivity (Wildman–Crippen MR) is 102 cm³/mol. The highest BCUT2D eigenvalue weighted by Gasteiger charge is 2.21. The summed E-state index contributed by atoms with van der Waals surface area (Å²) in [5.41, 5.74) is 9.93. The normalized spacial score (nSPS) is 13.6. The van der Waals surface area contributed by atoms with Crippen molar-refractivity contribution in [2.75, 3.05) is 12.3 Å². The summed E-state index contributed by atoms with van der Waals surface area (Å²) in [4.78, 5) is 19.1. The van der Waals surface area contributed by atoms with Crippen molar-refractivity contribution >= 4 is 33.0 Å². The number of nitrogens with two attached hydrogens (primary N) is 1. The highest BCUT2D eigenvalue weighted by Crippen LogP contribution is 2.36. The molecule has 4 rings (SSSR count). The molecular formula is C20H20N2O2S. The molecule has 2 heterocycles. The van der Waals surface area contributed by atoms with Crippen LogP contribution < -0.4 is 10.5 Å². The van der Waals surface area contributed by atoms with Crippen molar-refractivity contribution < 1.29 is 9.53 Å². The van der Waals surface area contributed by atoms with Crippen molar-refractivity contribution in [3.05, 3.63) is 52.0 Å². The van der Waals surface area contributed by atoms with Gasteiger partial charge in [-0.3, -0.25) is 4.79 Å². The number of benzene rings is 1. The number of ketones is 1. The molecule has 25 heavy (non-hydrogen) atoms. The van der Waals surface area contributed by atoms with Gasteiger partial charge in [0.05, 0.1) is 12.3 Å². The molecule has 0 saturated heterocycles. The van der Waals surface area contributed by atoms with Gasteiger partial charge in [0, 0.05) is 16.6 Å². The first-order valence-corrected chi connectivity index (χ1v) is 9.47. The summed E-state index contributed by atoms with van der Waals surface area (Å²) in [7, 11) is 0. The molecule has 0 saturated carbocycles. The maximum atomic E-state index is 12.9. The highest BCUT2D eigenvalue weighted by atomic mass is 32.1. The number of hydrogen-bond donors (Lipinski definition) is 1. The van der Waals surface area contributed by atoms with Gasteiger partial charge in [0.1, 0.15) is 15.5 Å². The Hall–Kier alpha value is -2.40. The number of nitrogens with zero attached hydrogens (tertiary/aromatic N) is 1. The van der Waals surface area contributed by atoms with E-state index in [0.29, 0.717) is 22.7 Å². The maximum Gasteiger partial charge on any atom is 0.205 e. The van der Waals surface area contributed by atoms with E-state index in [1.165, 1.54) is 35.4 Å². The van der Waals surface area contributed by atoms with Crippen LogP contribution in [0, 0.1) is 0 Å². The van der Waals surface area contributed by atoms with Gasteiger partial charge in [-0.2, -0.15) is 0 Å². The van der Waals surface area contributed by atoms with E-state index in [1.54, 1.807) is 12.1 Å². The van der Waals surface area contributed by atoms with E-state index in [1.807, 2.05) is 19.1 Å². The number of aromatic nitrogens is 1. The summed E-state index contributed by atoms with van der Waals surface area (Å²) in [5.74, 6) is 0.708. The number of pyridine rings is 1. The van der Waals surface area contributed by atoms with E-state index in [2.05, 4.69) is 6.07 Å². The Bertz CT molecular complexity index is 944. The molecule has 2 aromatic heterocycles. The second-order valence-electron chi connectivity index (χ2n) is 6.29. The van der Waals surface area contributed by atoms with Crippen LogP contribution in [0.4, 0.5) is 5.69 Å². The third kappa shape index (κ3) is 2.89. The Labute approximate surface area is 150 Å². The minimum absolute atomic E-state index is 0.0541. The molecule has 0 amide bonds. The molecule has 5 heteroatoms. The third-order valence-electron chi connectivity index (χ3n) is 4.63. The number of aryl methyl sites for hydroxylation is 2. The molecule has 128 valence electrons. The zero-order valence-corrected chi connectivity index (χ0v) is 15.0. The van der Waals surface area contributed by atoms with E-state index >= 15 is 0 Å². The molecule has 0 aliphatic heterocycles. The van der Waals surface area contributed by atoms with Crippen LogP contribution in [0.1, 0.15) is 46.3 Å². The van der Waals surface area contributed by atoms with Crippen molar-refractivity contribution in [1.29, 1.82) is 0 Å². The number of rotatable bonds is 4. The van der Waals surface area contributed by atoms with Crippen LogP contribution in [0.2, 0.25) is 0 Å². The molecule has 4 nitrogen and oxygen atoms in total. The van der Waals surface area contributed by atoms with Gasteiger partial charge < -0.3 is 10.5 Å². The summed E-state index contributed by atoms with van der Waals surface area (Å²) in [6.07, 6.45) is 4.45. The smallest absolute Gasteiger partial charge is 0.205 e. The molecule has 1 aliphatic carbocycles. The summed E-state index contributed by atoms with van der Waals surface area (Å²) in [5, 5.41) is 0.917. The van der Waals surface area contributed by atoms with Crippen LogP contribution in [-0.2, 0) is 12.8 Å². The average Bonchev–Trinajstić information content (AvgIpc) is 2.96. The Morgan fingerprint density at radius 1 is 1.24 bits per heavy atom. The molecule has 3 aromatic rings. The van der Waals surface area contributed by atoms with E-state index in [9.17, 15) is 4.79 Å². The number of anilines is 1. The van der Waals surface area contributed by atoms with E-state index < -0.39 is 0 Å². The monoisotopic (exact) mass is 352 g/mol. The highest BCUT2D eigenvalue weighted by molar-refractivity contribution is 7.21. The second kappa shape index (κ2) is 6.48. The van der Waals surface area contributed by atoms with Crippen LogP contribution in [0.3, 0.4) is 0 Å². The first-order valence-electron chi connectivity index (χ1n) is 8.65. The predicted octanol–water partition coefficient (Wildman–Crippen LogP) is 4.39. The number of carbonyl (C=O) groups excluding carboxylic acids is 1. The first kappa shape index (κ1) is 16.1. The number of ether oxygens (including phenoxy) is 1. The van der Waals surface area contributed by atoms with Crippen molar-refractivity contribution in [3.8, 4) is 5.75 Å². The topological polar surface area (TPSA) is 65.2 Å². The van der Waals surface area contributed by atoms with Crippen LogP contribution in [0.15, 0.2) is 30.3 Å². The summed E-state index contributed by atoms with van der Waals surface area (Å²) < 4.78 is 5.43. The quantitative estimate of drug-likeness (QED) is 0.707. The first-order chi connectivity index (χ1) is 12.2. The number of nitrogen functional groups attached to an aromatic ring is 1. The lowest BCUT2D eigenvalue weighted by molar-refractivity contribution is 0.104. The molecule has 0 atom stereocenters. The van der Waals surface area contributed by atoms with Crippen LogP contribution in [-0.4, -0.2) is 17.4 Å². The molecule has 0 bridgehead atoms. The zero-order chi connectivity index (χ0) is 17.4. The van der Waals surface area contributed by atoms with Crippen molar-refractivity contribution in [2.45, 2.75) is 32.6 Å². The zero-order valence-electron chi connectivity index (χ0n) is 14.2. The Morgan fingerprint density at radius 3 is 2.76 bits per heavy atom. The molecule has 0 unspecified atom stereocenters. The van der Waals surface area contributed by atoms with Crippen molar-refractivity contribution in [3.63, 3.8) is 0 Å². The van der Waals surface area contributed by atoms with Crippen LogP contribution in [0.5, 0.6) is 5.75 Å². The number of thiophene rings is 1. The fourth-order valence-electron chi connectivity index (χ4n) is 3.33. The standard InChI is InChI=1S/C20H20N2O2S/c1-2-24-14-9-7-12(8-10-14)18(23)19-17(21)15-11-13-5-3-4-6-16(13)22-20(15)25-19/h7-11H,2-6,21H2,1H3. The largest absolute Gasteiger partial charge is 0.494 e. The molecule has 0 fully saturated rings. The molecule has 0 spiro atoms. The van der Waals surface area contributed by atoms with E-state index in [-0.39, 0.29) is 5.78 Å². The maximum absolute atomic E-state index is 12.9. The molecule has 1 aromatic carbocycles. The number of hydrogen-bond acceptors (Lipinski definition) is 5. The summed E-state index contributed by atoms with van der Waals surface area (Å²) >= 11 is 1.40. The van der Waals surface area contributed by atoms with Gasteiger partial charge in [-0.05, 0) is 68.5 Å². The number of fused-ring (bicyclic) bond motifs is 2. The third-order valence-corrected chi connectivity index (χ3v) is 5.75. The van der Waals surface area contributed by atoms with Crippen LogP contribution in [0.25, 0.3) is 10.2 Å². The van der Waals surface area contributed by atoms with Gasteiger partial charge in [0.15, 0.2) is 0 Å². The van der Waals surface area contributed by atoms with E-state index in [4.69, 9.17) is 15.5 Å². The van der Waals surface area contributed by atoms with Crippen LogP contribution >= 0.6 is 11.3 Å². The van der Waals surface area contributed by atoms with Gasteiger partial charge in [-0.25, -0.2) is 4.98 Å². The van der Waals surface area contributed by atoms with Gasteiger partial charge in [0.2, 0.25) is 5.78 Å². The van der Waals surface area contributed by atoms with Gasteiger partial charge >= 0.3 is 0 Å². The fourth-order valence-corrected chi connectivity index (χ4v) is 4.39. The summed E-state index contributed by atoms with van der Waals surface area (Å²) in [6, 6.07) is 9.34. The lowest BCUT2D eigenvalue weighted by Crippen LogP contribution is -2.05. The Morgan fingerprint density at radius 2 is 2.00 bits per heavy atom. The lowest BCUT2D eigenvalue weighted by atomic mass is 9.95. The van der Waals surface area contributed by atoms with Crippen molar-refractivity contribution in [2.24, 2.45) is 0 Å². The van der Waals surface area contributed by atoms with Gasteiger partial charge in [-0.1, -0.05) is 0 Å². The Balaban J connectivity index is 1.73. The number of carbonyl (C=O) groups is 1. The second-order valence-corrected chi connectivity index (χ2v) is 7.28. The SMILES string of the molecule is CCOc1ccc(C(=O)c2sc3nc4c(cc3c2N)CCCC4)cc1. The average molecular weight is 352 g/mol. The molecule has 2 N–H and O–H groups in total. The minimum Gasteiger partial charge on any atom is -0.494 e. The molecule has 1 aliphatic rings. The molecule has 0 radical (unpaired) electrons. The summed E-state index contributed by atoms with van der Waals surface area (Å²) in [6.45, 7) is 2.54. The van der Waals surface area contributed by atoms with Gasteiger partial charge in [0.25, 0.3) is 0 Å². The van der Waals surface area contributed by atoms with Crippen molar-refractivity contribution in [1.82, 2.24) is 4.98 Å². The van der Waals surface area contributed by atoms with E-state index in [0.717, 1.165) is 28.8 Å².